The molecule has 0 saturated carbocycles. The largest absolute Gasteiger partial charge is 0.359 e. The number of nitrogens with zero attached hydrogens (tertiary/aromatic N) is 2. The molecule has 0 radical (unpaired) electrons. The molecule has 0 bridgehead atoms. The van der Waals surface area contributed by atoms with Crippen LogP contribution >= 0.6 is 23.2 Å². The van der Waals surface area contributed by atoms with E-state index >= 15 is 0 Å². The van der Waals surface area contributed by atoms with Crippen LogP contribution in [0.1, 0.15) is 6.92 Å². The number of halogens is 2. The molecule has 0 aliphatic carbocycles. The van der Waals surface area contributed by atoms with Gasteiger partial charge in [0.2, 0.25) is 0 Å². The molecule has 0 aliphatic heterocycles. The van der Waals surface area contributed by atoms with Crippen LogP contribution in [-0.4, -0.2) is 36.8 Å². The molecule has 0 fully saturated rings. The zero-order valence-electron chi connectivity index (χ0n) is 7.06. The molecule has 0 aromatic carbocycles. The Hall–Kier alpha value is -0.210. The van der Waals surface area contributed by atoms with Gasteiger partial charge in [-0.2, -0.15) is 4.58 Å². The fourth-order valence-corrected chi connectivity index (χ4v) is 0.862. The van der Waals surface area contributed by atoms with Crippen molar-refractivity contribution in [2.24, 2.45) is 0 Å². The Morgan fingerprint density at radius 3 is 2.27 bits per heavy atom. The van der Waals surface area contributed by atoms with Gasteiger partial charge in [-0.25, -0.2) is 0 Å². The number of rotatable bonds is 3. The Labute approximate surface area is 77.7 Å². The summed E-state index contributed by atoms with van der Waals surface area (Å²) in [5, 5.41) is 0.975. The lowest BCUT2D eigenvalue weighted by atomic mass is 10.6. The van der Waals surface area contributed by atoms with Crippen LogP contribution in [0.5, 0.6) is 0 Å². The highest BCUT2D eigenvalue weighted by molar-refractivity contribution is 6.37. The molecule has 0 spiro atoms. The van der Waals surface area contributed by atoms with Gasteiger partial charge in [0.05, 0.1) is 0 Å². The molecule has 2 nitrogen and oxygen atoms in total. The minimum atomic E-state index is 0.455. The lowest BCUT2D eigenvalue weighted by Crippen LogP contribution is -2.16. The van der Waals surface area contributed by atoms with Crippen molar-refractivity contribution < 1.29 is 4.58 Å². The van der Waals surface area contributed by atoms with Gasteiger partial charge < -0.3 is 4.90 Å². The molecule has 11 heavy (non-hydrogen) atoms. The zero-order valence-corrected chi connectivity index (χ0v) is 8.58. The molecular weight excluding hydrogens is 183 g/mol. The minimum Gasteiger partial charge on any atom is -0.359 e. The Morgan fingerprint density at radius 1 is 1.55 bits per heavy atom. The van der Waals surface area contributed by atoms with Crippen molar-refractivity contribution in [1.82, 2.24) is 4.90 Å². The monoisotopic (exact) mass is 195 g/mol. The predicted molar refractivity (Wildman–Crippen MR) is 50.3 cm³/mol. The third-order valence-electron chi connectivity index (χ3n) is 1.31. The first kappa shape index (κ1) is 10.8. The van der Waals surface area contributed by atoms with Crippen molar-refractivity contribution in [3.8, 4) is 0 Å². The summed E-state index contributed by atoms with van der Waals surface area (Å²) in [6, 6.07) is 0. The Kier molecular flexibility index (Phi) is 4.54. The molecular formula is C7H13Cl2N2+. The van der Waals surface area contributed by atoms with E-state index in [4.69, 9.17) is 23.2 Å². The van der Waals surface area contributed by atoms with Gasteiger partial charge >= 0.3 is 5.16 Å². The van der Waals surface area contributed by atoms with Gasteiger partial charge in [0.1, 0.15) is 13.8 Å². The van der Waals surface area contributed by atoms with E-state index in [1.807, 2.05) is 18.9 Å². The molecule has 0 amide bonds. The van der Waals surface area contributed by atoms with Gasteiger partial charge in [-0.1, -0.05) is 11.6 Å². The first-order valence-electron chi connectivity index (χ1n) is 3.31. The van der Waals surface area contributed by atoms with Gasteiger partial charge in [0.25, 0.3) is 0 Å². The van der Waals surface area contributed by atoms with Crippen molar-refractivity contribution in [2.75, 3.05) is 20.6 Å². The van der Waals surface area contributed by atoms with Crippen LogP contribution in [-0.2, 0) is 0 Å². The zero-order chi connectivity index (χ0) is 9.02. The fourth-order valence-electron chi connectivity index (χ4n) is 0.454. The lowest BCUT2D eigenvalue weighted by molar-refractivity contribution is -0.423. The van der Waals surface area contributed by atoms with Gasteiger partial charge in [-0.3, -0.25) is 0 Å². The number of hydrogen-bond donors (Lipinski definition) is 0. The molecule has 0 rings (SSSR count). The van der Waals surface area contributed by atoms with Gasteiger partial charge in [-0.15, -0.1) is 0 Å². The van der Waals surface area contributed by atoms with Gasteiger partial charge in [0.15, 0.2) is 5.16 Å². The highest BCUT2D eigenvalue weighted by Gasteiger charge is 2.12. The summed E-state index contributed by atoms with van der Waals surface area (Å²) >= 11 is 11.7. The summed E-state index contributed by atoms with van der Waals surface area (Å²) in [6.07, 6.45) is 0. The van der Waals surface area contributed by atoms with Crippen LogP contribution < -0.4 is 0 Å². The predicted octanol–water partition coefficient (Wildman–Crippen LogP) is 1.89. The van der Waals surface area contributed by atoms with Crippen molar-refractivity contribution >= 4 is 29.9 Å². The summed E-state index contributed by atoms with van der Waals surface area (Å²) < 4.78 is 1.52. The molecule has 0 N–H and O–H groups in total. The highest BCUT2D eigenvalue weighted by Crippen LogP contribution is 2.16. The van der Waals surface area contributed by atoms with E-state index in [0.717, 1.165) is 6.54 Å². The maximum Gasteiger partial charge on any atom is 0.309 e. The normalized spacial score (nSPS) is 12.5. The van der Waals surface area contributed by atoms with E-state index in [2.05, 4.69) is 6.72 Å². The molecule has 0 unspecified atom stereocenters. The van der Waals surface area contributed by atoms with Crippen molar-refractivity contribution in [3.05, 3.63) is 10.3 Å². The molecule has 0 aromatic heterocycles. The highest BCUT2D eigenvalue weighted by atomic mass is 35.5. The van der Waals surface area contributed by atoms with Crippen LogP contribution in [0.4, 0.5) is 0 Å². The summed E-state index contributed by atoms with van der Waals surface area (Å²) in [7, 11) is 3.61. The van der Waals surface area contributed by atoms with Crippen LogP contribution in [0.3, 0.4) is 0 Å². The van der Waals surface area contributed by atoms with Crippen LogP contribution in [0.2, 0.25) is 0 Å². The topological polar surface area (TPSA) is 6.25 Å². The van der Waals surface area contributed by atoms with E-state index < -0.39 is 0 Å². The summed E-state index contributed by atoms with van der Waals surface area (Å²) in [5.74, 6) is 0. The maximum absolute atomic E-state index is 5.87. The quantitative estimate of drug-likeness (QED) is 0.379. The van der Waals surface area contributed by atoms with E-state index in [1.165, 1.54) is 4.58 Å². The third kappa shape index (κ3) is 3.12. The second kappa shape index (κ2) is 4.62. The van der Waals surface area contributed by atoms with Crippen LogP contribution in [0.15, 0.2) is 10.3 Å². The first-order valence-corrected chi connectivity index (χ1v) is 4.07. The molecule has 0 aromatic rings. The smallest absolute Gasteiger partial charge is 0.309 e. The summed E-state index contributed by atoms with van der Waals surface area (Å²) in [6.45, 7) is 6.43. The van der Waals surface area contributed by atoms with E-state index in [-0.39, 0.29) is 0 Å². The molecule has 0 aliphatic rings. The summed E-state index contributed by atoms with van der Waals surface area (Å²) in [4.78, 5) is 1.84. The third-order valence-corrected chi connectivity index (χ3v) is 2.35. The Bertz CT molecular complexity index is 187. The van der Waals surface area contributed by atoms with Crippen LogP contribution in [0.25, 0.3) is 0 Å². The van der Waals surface area contributed by atoms with Gasteiger partial charge in [-0.05, 0) is 18.5 Å². The molecule has 0 saturated heterocycles. The maximum atomic E-state index is 5.87. The second-order valence-corrected chi connectivity index (χ2v) is 3.01. The number of hydrogen-bond acceptors (Lipinski definition) is 1. The standard InChI is InChI=1S/C7H13Cl2N2/c1-5-11(4)7(9)6(8)10(2)3/h2,5H2,1,3-4H3/q+1. The SMILES string of the molecule is C=[N+](C)C(Cl)=C(Cl)N(C)CC. The minimum absolute atomic E-state index is 0.455. The fraction of sp³-hybridized carbons (Fsp3) is 0.571. The Morgan fingerprint density at radius 2 is 2.00 bits per heavy atom. The average molecular weight is 196 g/mol. The van der Waals surface area contributed by atoms with E-state index in [0.29, 0.717) is 10.3 Å². The summed E-state index contributed by atoms with van der Waals surface area (Å²) in [5.41, 5.74) is 0. The van der Waals surface area contributed by atoms with E-state index in [9.17, 15) is 0 Å². The average Bonchev–Trinajstić information content (AvgIpc) is 2.00. The van der Waals surface area contributed by atoms with Crippen LogP contribution in [0, 0.1) is 0 Å². The molecule has 0 atom stereocenters. The molecule has 0 heterocycles. The van der Waals surface area contributed by atoms with Crippen molar-refractivity contribution in [2.45, 2.75) is 6.92 Å². The first-order chi connectivity index (χ1) is 5.00. The van der Waals surface area contributed by atoms with Crippen molar-refractivity contribution in [3.63, 3.8) is 0 Å². The molecule has 64 valence electrons. The molecule has 4 heteroatoms. The van der Waals surface area contributed by atoms with E-state index in [1.54, 1.807) is 7.05 Å². The lowest BCUT2D eigenvalue weighted by Gasteiger charge is -2.13. The second-order valence-electron chi connectivity index (χ2n) is 2.29. The van der Waals surface area contributed by atoms with Crippen molar-refractivity contribution in [1.29, 1.82) is 0 Å². The Balaban J connectivity index is 4.51. The van der Waals surface area contributed by atoms with Gasteiger partial charge in [0, 0.05) is 13.6 Å².